The SMILES string of the molecule is NC(=O)NS(=O)(=O)c1c(F)cccc1F. The lowest BCUT2D eigenvalue weighted by atomic mass is 10.3. The molecule has 82 valence electrons. The highest BCUT2D eigenvalue weighted by atomic mass is 32.2. The molecule has 3 N–H and O–H groups in total. The van der Waals surface area contributed by atoms with Gasteiger partial charge in [-0.1, -0.05) is 6.07 Å². The van der Waals surface area contributed by atoms with Crippen LogP contribution >= 0.6 is 0 Å². The molecule has 0 unspecified atom stereocenters. The van der Waals surface area contributed by atoms with Crippen molar-refractivity contribution < 1.29 is 22.0 Å². The minimum absolute atomic E-state index is 0.749. The Morgan fingerprint density at radius 3 is 2.13 bits per heavy atom. The van der Waals surface area contributed by atoms with Crippen LogP contribution in [0, 0.1) is 11.6 Å². The van der Waals surface area contributed by atoms with Crippen molar-refractivity contribution in [2.75, 3.05) is 0 Å². The van der Waals surface area contributed by atoms with Gasteiger partial charge < -0.3 is 5.73 Å². The molecule has 0 heterocycles. The Morgan fingerprint density at radius 1 is 1.27 bits per heavy atom. The molecule has 2 amide bonds. The highest BCUT2D eigenvalue weighted by molar-refractivity contribution is 7.90. The fraction of sp³-hybridized carbons (Fsp3) is 0. The van der Waals surface area contributed by atoms with Crippen molar-refractivity contribution in [3.63, 3.8) is 0 Å². The molecule has 1 aromatic rings. The van der Waals surface area contributed by atoms with E-state index in [0.29, 0.717) is 0 Å². The number of amides is 2. The second-order valence-corrected chi connectivity index (χ2v) is 4.14. The third-order valence-corrected chi connectivity index (χ3v) is 2.82. The molecule has 0 bridgehead atoms. The Kier molecular flexibility index (Phi) is 2.89. The summed E-state index contributed by atoms with van der Waals surface area (Å²) in [6.07, 6.45) is 0. The summed E-state index contributed by atoms with van der Waals surface area (Å²) >= 11 is 0. The smallest absolute Gasteiger partial charge is 0.326 e. The second-order valence-electron chi connectivity index (χ2n) is 2.52. The van der Waals surface area contributed by atoms with Crippen molar-refractivity contribution in [1.29, 1.82) is 0 Å². The summed E-state index contributed by atoms with van der Waals surface area (Å²) in [6.45, 7) is 0. The quantitative estimate of drug-likeness (QED) is 0.775. The van der Waals surface area contributed by atoms with Crippen LogP contribution in [0.2, 0.25) is 0 Å². The lowest BCUT2D eigenvalue weighted by Gasteiger charge is -2.05. The number of nitrogens with one attached hydrogen (secondary N) is 1. The van der Waals surface area contributed by atoms with Gasteiger partial charge in [0.15, 0.2) is 4.90 Å². The number of hydrogen-bond acceptors (Lipinski definition) is 3. The largest absolute Gasteiger partial charge is 0.351 e. The van der Waals surface area contributed by atoms with Gasteiger partial charge in [-0.2, -0.15) is 0 Å². The van der Waals surface area contributed by atoms with Crippen LogP contribution in [0.4, 0.5) is 13.6 Å². The molecule has 15 heavy (non-hydrogen) atoms. The first-order chi connectivity index (χ1) is 6.84. The zero-order chi connectivity index (χ0) is 11.6. The van der Waals surface area contributed by atoms with Crippen molar-refractivity contribution in [1.82, 2.24) is 4.72 Å². The Balaban J connectivity index is 3.33. The van der Waals surface area contributed by atoms with E-state index in [-0.39, 0.29) is 0 Å². The average Bonchev–Trinajstić information content (AvgIpc) is 1.99. The van der Waals surface area contributed by atoms with Crippen LogP contribution in [0.3, 0.4) is 0 Å². The molecule has 1 aromatic carbocycles. The monoisotopic (exact) mass is 236 g/mol. The summed E-state index contributed by atoms with van der Waals surface area (Å²) in [6, 6.07) is 1.07. The number of carbonyl (C=O) groups is 1. The molecule has 5 nitrogen and oxygen atoms in total. The predicted octanol–water partition coefficient (Wildman–Crippen LogP) is 0.322. The van der Waals surface area contributed by atoms with Gasteiger partial charge in [0.05, 0.1) is 0 Å². The Morgan fingerprint density at radius 2 is 1.73 bits per heavy atom. The minimum atomic E-state index is -4.60. The number of halogens is 2. The lowest BCUT2D eigenvalue weighted by molar-refractivity contribution is 0.253. The highest BCUT2D eigenvalue weighted by Crippen LogP contribution is 2.17. The van der Waals surface area contributed by atoms with E-state index in [0.717, 1.165) is 18.2 Å². The highest BCUT2D eigenvalue weighted by Gasteiger charge is 2.24. The average molecular weight is 236 g/mol. The van der Waals surface area contributed by atoms with Crippen LogP contribution in [0.5, 0.6) is 0 Å². The molecule has 8 heteroatoms. The summed E-state index contributed by atoms with van der Waals surface area (Å²) in [5, 5.41) is 0. The van der Waals surface area contributed by atoms with Crippen molar-refractivity contribution >= 4 is 16.1 Å². The first-order valence-electron chi connectivity index (χ1n) is 3.61. The van der Waals surface area contributed by atoms with E-state index in [1.165, 1.54) is 4.72 Å². The fourth-order valence-electron chi connectivity index (χ4n) is 0.923. The number of sulfonamides is 1. The third-order valence-electron chi connectivity index (χ3n) is 1.42. The topological polar surface area (TPSA) is 89.3 Å². The number of hydrogen-bond donors (Lipinski definition) is 2. The van der Waals surface area contributed by atoms with E-state index in [9.17, 15) is 22.0 Å². The zero-order valence-corrected chi connectivity index (χ0v) is 8.01. The Labute approximate surface area is 83.9 Å². The van der Waals surface area contributed by atoms with Crippen LogP contribution in [-0.2, 0) is 10.0 Å². The fourth-order valence-corrected chi connectivity index (χ4v) is 1.94. The van der Waals surface area contributed by atoms with Crippen molar-refractivity contribution in [3.05, 3.63) is 29.8 Å². The lowest BCUT2D eigenvalue weighted by Crippen LogP contribution is -2.35. The molecule has 0 atom stereocenters. The van der Waals surface area contributed by atoms with Gasteiger partial charge in [-0.05, 0) is 12.1 Å². The van der Waals surface area contributed by atoms with Crippen LogP contribution < -0.4 is 10.5 Å². The van der Waals surface area contributed by atoms with E-state index in [2.05, 4.69) is 5.73 Å². The Hall–Kier alpha value is -1.70. The first-order valence-corrected chi connectivity index (χ1v) is 5.09. The van der Waals surface area contributed by atoms with E-state index < -0.39 is 32.6 Å². The maximum absolute atomic E-state index is 13.0. The molecule has 0 aliphatic heterocycles. The standard InChI is InChI=1S/C7H6F2N2O3S/c8-4-2-1-3-5(9)6(4)15(13,14)11-7(10)12/h1-3H,(H3,10,11,12). The zero-order valence-electron chi connectivity index (χ0n) is 7.20. The van der Waals surface area contributed by atoms with E-state index in [1.807, 2.05) is 0 Å². The molecular formula is C7H6F2N2O3S. The van der Waals surface area contributed by atoms with Crippen molar-refractivity contribution in [2.24, 2.45) is 5.73 Å². The molecular weight excluding hydrogens is 230 g/mol. The van der Waals surface area contributed by atoms with Crippen LogP contribution in [0.1, 0.15) is 0 Å². The molecule has 1 rings (SSSR count). The molecule has 0 saturated carbocycles. The van der Waals surface area contributed by atoms with Gasteiger partial charge in [0.25, 0.3) is 10.0 Å². The number of urea groups is 1. The molecule has 0 spiro atoms. The number of primary amides is 1. The molecule has 0 saturated heterocycles. The summed E-state index contributed by atoms with van der Waals surface area (Å²) < 4.78 is 49.6. The number of benzene rings is 1. The number of nitrogens with two attached hydrogens (primary N) is 1. The van der Waals surface area contributed by atoms with Gasteiger partial charge in [-0.3, -0.25) is 0 Å². The van der Waals surface area contributed by atoms with Crippen molar-refractivity contribution in [3.8, 4) is 0 Å². The van der Waals surface area contributed by atoms with Gasteiger partial charge in [-0.15, -0.1) is 0 Å². The second kappa shape index (κ2) is 3.81. The summed E-state index contributed by atoms with van der Waals surface area (Å²) in [5.41, 5.74) is 4.54. The summed E-state index contributed by atoms with van der Waals surface area (Å²) in [4.78, 5) is 9.07. The maximum Gasteiger partial charge on any atom is 0.326 e. The summed E-state index contributed by atoms with van der Waals surface area (Å²) in [5.74, 6) is -2.60. The molecule has 0 aromatic heterocycles. The van der Waals surface area contributed by atoms with E-state index in [1.54, 1.807) is 0 Å². The van der Waals surface area contributed by atoms with Crippen LogP contribution in [0.15, 0.2) is 23.1 Å². The first kappa shape index (κ1) is 11.4. The normalized spacial score (nSPS) is 11.1. The molecule has 0 fully saturated rings. The third kappa shape index (κ3) is 2.40. The Bertz CT molecular complexity index is 481. The van der Waals surface area contributed by atoms with E-state index >= 15 is 0 Å². The number of rotatable bonds is 2. The minimum Gasteiger partial charge on any atom is -0.351 e. The van der Waals surface area contributed by atoms with Gasteiger partial charge in [-0.25, -0.2) is 26.7 Å². The number of carbonyl (C=O) groups excluding carboxylic acids is 1. The van der Waals surface area contributed by atoms with Gasteiger partial charge in [0.2, 0.25) is 0 Å². The van der Waals surface area contributed by atoms with Gasteiger partial charge in [0.1, 0.15) is 11.6 Å². The van der Waals surface area contributed by atoms with Crippen LogP contribution in [-0.4, -0.2) is 14.4 Å². The predicted molar refractivity (Wildman–Crippen MR) is 46.3 cm³/mol. The van der Waals surface area contributed by atoms with Gasteiger partial charge in [0, 0.05) is 0 Å². The summed E-state index contributed by atoms with van der Waals surface area (Å²) in [7, 11) is -4.60. The molecule has 0 radical (unpaired) electrons. The molecule has 0 aliphatic carbocycles. The van der Waals surface area contributed by atoms with Crippen LogP contribution in [0.25, 0.3) is 0 Å². The van der Waals surface area contributed by atoms with Crippen molar-refractivity contribution in [2.45, 2.75) is 4.90 Å². The molecule has 0 aliphatic rings. The van der Waals surface area contributed by atoms with E-state index in [4.69, 9.17) is 0 Å². The maximum atomic E-state index is 13.0. The van der Waals surface area contributed by atoms with Gasteiger partial charge >= 0.3 is 6.03 Å².